The smallest absolute Gasteiger partial charge is 0.265 e. The molecule has 0 aliphatic rings. The van der Waals surface area contributed by atoms with Crippen molar-refractivity contribution in [2.45, 2.75) is 20.1 Å². The van der Waals surface area contributed by atoms with Crippen molar-refractivity contribution in [3.63, 3.8) is 0 Å². The van der Waals surface area contributed by atoms with E-state index >= 15 is 0 Å². The number of amides is 1. The summed E-state index contributed by atoms with van der Waals surface area (Å²) in [6.07, 6.45) is 3.30. The average molecular weight is 421 g/mol. The van der Waals surface area contributed by atoms with Crippen molar-refractivity contribution in [1.82, 2.24) is 9.78 Å². The third-order valence-corrected chi connectivity index (χ3v) is 5.38. The number of thiophene rings is 1. The molecule has 0 saturated carbocycles. The Morgan fingerprint density at radius 1 is 1.17 bits per heavy atom. The van der Waals surface area contributed by atoms with Gasteiger partial charge in [0, 0.05) is 11.8 Å². The Morgan fingerprint density at radius 2 is 2.03 bits per heavy atom. The molecule has 5 nitrogen and oxygen atoms in total. The third-order valence-electron chi connectivity index (χ3n) is 4.40. The highest BCUT2D eigenvalue weighted by Crippen LogP contribution is 2.20. The number of rotatable bonds is 7. The number of nitrogens with zero attached hydrogens (tertiary/aromatic N) is 2. The Labute approximate surface area is 177 Å². The zero-order valence-electron chi connectivity index (χ0n) is 16.3. The van der Waals surface area contributed by atoms with Crippen LogP contribution in [-0.2, 0) is 13.2 Å². The van der Waals surface area contributed by atoms with Crippen LogP contribution in [0.2, 0.25) is 0 Å². The molecule has 0 atom stereocenters. The van der Waals surface area contributed by atoms with E-state index in [2.05, 4.69) is 10.4 Å². The van der Waals surface area contributed by atoms with Crippen molar-refractivity contribution in [1.29, 1.82) is 0 Å². The van der Waals surface area contributed by atoms with E-state index in [1.807, 2.05) is 48.7 Å². The predicted molar refractivity (Wildman–Crippen MR) is 116 cm³/mol. The van der Waals surface area contributed by atoms with Gasteiger partial charge in [-0.25, -0.2) is 4.39 Å². The zero-order chi connectivity index (χ0) is 20.9. The summed E-state index contributed by atoms with van der Waals surface area (Å²) >= 11 is 1.37. The first-order valence-electron chi connectivity index (χ1n) is 9.40. The number of carbonyl (C=O) groups excluding carboxylic acids is 1. The second-order valence-corrected chi connectivity index (χ2v) is 7.85. The maximum absolute atomic E-state index is 13.3. The van der Waals surface area contributed by atoms with Gasteiger partial charge in [0.1, 0.15) is 18.2 Å². The van der Waals surface area contributed by atoms with E-state index in [4.69, 9.17) is 4.74 Å². The Balaban J connectivity index is 1.34. The Hall–Kier alpha value is -3.45. The summed E-state index contributed by atoms with van der Waals surface area (Å²) < 4.78 is 20.8. The number of aryl methyl sites for hydroxylation is 1. The molecular weight excluding hydrogens is 401 g/mol. The fourth-order valence-corrected chi connectivity index (χ4v) is 3.76. The predicted octanol–water partition coefficient (Wildman–Crippen LogP) is 5.27. The molecule has 1 N–H and O–H groups in total. The van der Waals surface area contributed by atoms with Crippen LogP contribution in [-0.4, -0.2) is 15.7 Å². The molecule has 30 heavy (non-hydrogen) atoms. The highest BCUT2D eigenvalue weighted by atomic mass is 32.1. The topological polar surface area (TPSA) is 56.1 Å². The van der Waals surface area contributed by atoms with Gasteiger partial charge in [-0.3, -0.25) is 9.48 Å². The van der Waals surface area contributed by atoms with Gasteiger partial charge < -0.3 is 10.1 Å². The van der Waals surface area contributed by atoms with Crippen molar-refractivity contribution < 1.29 is 13.9 Å². The number of aromatic nitrogens is 2. The van der Waals surface area contributed by atoms with Gasteiger partial charge in [-0.1, -0.05) is 24.3 Å². The Kier molecular flexibility index (Phi) is 5.90. The van der Waals surface area contributed by atoms with E-state index in [-0.39, 0.29) is 11.7 Å². The minimum Gasteiger partial charge on any atom is -0.489 e. The van der Waals surface area contributed by atoms with Gasteiger partial charge >= 0.3 is 0 Å². The molecule has 4 aromatic rings. The number of hydrogen-bond acceptors (Lipinski definition) is 4. The van der Waals surface area contributed by atoms with E-state index in [9.17, 15) is 9.18 Å². The maximum atomic E-state index is 13.3. The first-order chi connectivity index (χ1) is 14.5. The van der Waals surface area contributed by atoms with Crippen LogP contribution in [0.5, 0.6) is 5.75 Å². The maximum Gasteiger partial charge on any atom is 0.265 e. The molecule has 4 rings (SSSR count). The summed E-state index contributed by atoms with van der Waals surface area (Å²) in [5.74, 6) is 0.318. The van der Waals surface area contributed by atoms with Crippen LogP contribution in [0.4, 0.5) is 10.1 Å². The fourth-order valence-electron chi connectivity index (χ4n) is 2.97. The molecule has 2 heterocycles. The molecule has 1 amide bonds. The second kappa shape index (κ2) is 8.92. The third kappa shape index (κ3) is 5.12. The molecular formula is C23H20FN3O2S. The van der Waals surface area contributed by atoms with Gasteiger partial charge in [0.15, 0.2) is 0 Å². The quantitative estimate of drug-likeness (QED) is 0.442. The van der Waals surface area contributed by atoms with Crippen LogP contribution < -0.4 is 10.1 Å². The highest BCUT2D eigenvalue weighted by molar-refractivity contribution is 7.12. The van der Waals surface area contributed by atoms with Crippen molar-refractivity contribution >= 4 is 22.9 Å². The molecule has 0 spiro atoms. The summed E-state index contributed by atoms with van der Waals surface area (Å²) in [5.41, 5.74) is 3.46. The molecule has 0 radical (unpaired) electrons. The summed E-state index contributed by atoms with van der Waals surface area (Å²) in [4.78, 5) is 13.1. The number of carbonyl (C=O) groups is 1. The summed E-state index contributed by atoms with van der Waals surface area (Å²) in [5, 5.41) is 8.98. The van der Waals surface area contributed by atoms with Gasteiger partial charge in [0.2, 0.25) is 0 Å². The summed E-state index contributed by atoms with van der Waals surface area (Å²) in [7, 11) is 0. The normalized spacial score (nSPS) is 10.7. The van der Waals surface area contributed by atoms with E-state index in [0.29, 0.717) is 23.7 Å². The lowest BCUT2D eigenvalue weighted by Gasteiger charge is -2.05. The molecule has 0 unspecified atom stereocenters. The molecule has 2 aromatic carbocycles. The first kappa shape index (κ1) is 19.8. The summed E-state index contributed by atoms with van der Waals surface area (Å²) in [6, 6.07) is 16.0. The van der Waals surface area contributed by atoms with E-state index in [1.165, 1.54) is 23.5 Å². The molecule has 0 bridgehead atoms. The molecule has 7 heteroatoms. The van der Waals surface area contributed by atoms with Crippen molar-refractivity contribution in [3.8, 4) is 5.75 Å². The first-order valence-corrected chi connectivity index (χ1v) is 10.3. The number of ether oxygens (including phenoxy) is 1. The van der Waals surface area contributed by atoms with Gasteiger partial charge in [-0.2, -0.15) is 5.10 Å². The van der Waals surface area contributed by atoms with Crippen LogP contribution in [0.1, 0.15) is 26.4 Å². The molecule has 0 aliphatic carbocycles. The second-order valence-electron chi connectivity index (χ2n) is 6.94. The van der Waals surface area contributed by atoms with Gasteiger partial charge in [-0.15, -0.1) is 11.3 Å². The fraction of sp³-hybridized carbons (Fsp3) is 0.130. The molecule has 0 fully saturated rings. The van der Waals surface area contributed by atoms with Crippen LogP contribution in [0.25, 0.3) is 0 Å². The lowest BCUT2D eigenvalue weighted by Crippen LogP contribution is -2.09. The number of anilines is 1. The largest absolute Gasteiger partial charge is 0.489 e. The lowest BCUT2D eigenvalue weighted by atomic mass is 10.2. The SMILES string of the molecule is Cc1cccc(OCc2csc(C(=O)Nc3cnn(Cc4cccc(F)c4)c3)c2)c1. The summed E-state index contributed by atoms with van der Waals surface area (Å²) in [6.45, 7) is 2.84. The number of nitrogens with one attached hydrogen (secondary N) is 1. The lowest BCUT2D eigenvalue weighted by molar-refractivity contribution is 0.103. The van der Waals surface area contributed by atoms with E-state index in [0.717, 1.165) is 22.4 Å². The van der Waals surface area contributed by atoms with Crippen molar-refractivity contribution in [2.24, 2.45) is 0 Å². The Bertz CT molecular complexity index is 1170. The van der Waals surface area contributed by atoms with Crippen molar-refractivity contribution in [3.05, 3.63) is 99.8 Å². The molecule has 0 aliphatic heterocycles. The Morgan fingerprint density at radius 3 is 2.87 bits per heavy atom. The van der Waals surface area contributed by atoms with Crippen LogP contribution in [0, 0.1) is 12.7 Å². The van der Waals surface area contributed by atoms with Crippen LogP contribution in [0.15, 0.2) is 72.4 Å². The van der Waals surface area contributed by atoms with E-state index < -0.39 is 0 Å². The zero-order valence-corrected chi connectivity index (χ0v) is 17.2. The molecule has 2 aromatic heterocycles. The van der Waals surface area contributed by atoms with Gasteiger partial charge in [0.25, 0.3) is 5.91 Å². The van der Waals surface area contributed by atoms with Crippen LogP contribution in [0.3, 0.4) is 0 Å². The average Bonchev–Trinajstić information content (AvgIpc) is 3.36. The number of benzene rings is 2. The minimum atomic E-state index is -0.284. The van der Waals surface area contributed by atoms with Crippen molar-refractivity contribution in [2.75, 3.05) is 5.32 Å². The van der Waals surface area contributed by atoms with Crippen LogP contribution >= 0.6 is 11.3 Å². The standard InChI is InChI=1S/C23H20FN3O2S/c1-16-4-2-7-21(8-16)29-14-18-10-22(30-15-18)23(28)26-20-11-25-27(13-20)12-17-5-3-6-19(24)9-17/h2-11,13,15H,12,14H2,1H3,(H,26,28). The number of hydrogen-bond donors (Lipinski definition) is 1. The molecule has 152 valence electrons. The monoisotopic (exact) mass is 421 g/mol. The molecule has 0 saturated heterocycles. The van der Waals surface area contributed by atoms with Gasteiger partial charge in [0.05, 0.1) is 23.3 Å². The van der Waals surface area contributed by atoms with Gasteiger partial charge in [-0.05, 0) is 53.8 Å². The van der Waals surface area contributed by atoms with E-state index in [1.54, 1.807) is 23.1 Å². The number of halogens is 1. The highest BCUT2D eigenvalue weighted by Gasteiger charge is 2.11. The minimum absolute atomic E-state index is 0.202.